The Balaban J connectivity index is 0.996. The van der Waals surface area contributed by atoms with Crippen LogP contribution in [0.3, 0.4) is 0 Å². The number of fused-ring (bicyclic) bond motifs is 2. The van der Waals surface area contributed by atoms with Crippen molar-refractivity contribution in [3.63, 3.8) is 0 Å². The molecule has 13 heteroatoms. The molecule has 6 saturated carbocycles. The summed E-state index contributed by atoms with van der Waals surface area (Å²) in [6.07, 6.45) is 17.9. The van der Waals surface area contributed by atoms with Crippen molar-refractivity contribution in [3.8, 4) is 5.75 Å². The summed E-state index contributed by atoms with van der Waals surface area (Å²) in [4.78, 5) is 37.8. The Hall–Kier alpha value is -4.16. The quantitative estimate of drug-likeness (QED) is 0.250. The molecule has 11 nitrogen and oxygen atoms in total. The molecule has 0 radical (unpaired) electrons. The molecule has 1 spiro atoms. The average Bonchev–Trinajstić information content (AvgIpc) is 3.77. The third-order valence-electron chi connectivity index (χ3n) is 13.6. The standard InChI is InChI=1S/C39H47F2N7O4/c1-37(40,41)33-30(34(49)45-39(35(50)51)25-16-23-15-24(18-25)19-26(39)17-23)21-42-36(44-33)47-22-38(11-3-2-4-12-38)31-20-29(9-10-32(31)47)52-28-7-5-27(6-8-28)48-14-13-43-46-48/h9-10,13-14,20-21,23-28H,2-8,11-12,15-19,22H2,1H3,(H,45,49)(H,50,51)/t23?,24?,25?,26?,27-,28-,39?. The van der Waals surface area contributed by atoms with Crippen molar-refractivity contribution in [1.82, 2.24) is 30.3 Å². The van der Waals surface area contributed by atoms with Crippen LogP contribution in [0.5, 0.6) is 5.75 Å². The Morgan fingerprint density at radius 3 is 2.35 bits per heavy atom. The van der Waals surface area contributed by atoms with Crippen molar-refractivity contribution in [2.45, 2.75) is 126 Å². The highest BCUT2D eigenvalue weighted by Gasteiger charge is 2.62. The molecule has 4 bridgehead atoms. The zero-order valence-electron chi connectivity index (χ0n) is 29.6. The van der Waals surface area contributed by atoms with Crippen LogP contribution in [0.4, 0.5) is 20.4 Å². The second-order valence-corrected chi connectivity index (χ2v) is 16.8. The van der Waals surface area contributed by atoms with E-state index in [1.165, 1.54) is 6.20 Å². The van der Waals surface area contributed by atoms with Gasteiger partial charge in [0.2, 0.25) is 5.95 Å². The number of halogens is 2. The molecular formula is C39H47F2N7O4. The van der Waals surface area contributed by atoms with Gasteiger partial charge < -0.3 is 20.1 Å². The second-order valence-electron chi connectivity index (χ2n) is 16.8. The maximum atomic E-state index is 15.5. The minimum atomic E-state index is -3.47. The highest BCUT2D eigenvalue weighted by molar-refractivity contribution is 5.99. The van der Waals surface area contributed by atoms with E-state index in [1.54, 1.807) is 6.20 Å². The SMILES string of the molecule is CC(F)(F)c1nc(N2CC3(CCCCC3)c3cc(O[C@H]4CC[C@H](n5ccnn5)CC4)ccc32)ncc1C(=O)NC1(C(=O)O)C2CC3CC(C2)CC1C3. The molecule has 2 N–H and O–H groups in total. The number of rotatable bonds is 8. The summed E-state index contributed by atoms with van der Waals surface area (Å²) in [5.74, 6) is -3.98. The molecule has 6 fully saturated rings. The number of carbonyl (C=O) groups excluding carboxylic acids is 1. The minimum Gasteiger partial charge on any atom is -0.490 e. The lowest BCUT2D eigenvalue weighted by Crippen LogP contribution is -2.70. The van der Waals surface area contributed by atoms with Gasteiger partial charge >= 0.3 is 5.97 Å². The van der Waals surface area contributed by atoms with E-state index in [0.717, 1.165) is 114 Å². The van der Waals surface area contributed by atoms with E-state index in [-0.39, 0.29) is 34.9 Å². The monoisotopic (exact) mass is 715 g/mol. The van der Waals surface area contributed by atoms with Crippen molar-refractivity contribution in [3.05, 3.63) is 53.6 Å². The van der Waals surface area contributed by atoms with Gasteiger partial charge in [-0.3, -0.25) is 4.79 Å². The zero-order valence-corrected chi connectivity index (χ0v) is 29.6. The van der Waals surface area contributed by atoms with Gasteiger partial charge in [0.05, 0.1) is 23.9 Å². The molecule has 0 saturated heterocycles. The first-order valence-electron chi connectivity index (χ1n) is 19.3. The maximum Gasteiger partial charge on any atom is 0.330 e. The summed E-state index contributed by atoms with van der Waals surface area (Å²) in [5, 5.41) is 21.5. The number of hydrogen-bond acceptors (Lipinski definition) is 8. The number of carboxylic acids is 1. The number of carbonyl (C=O) groups is 2. The van der Waals surface area contributed by atoms with E-state index < -0.39 is 29.0 Å². The highest BCUT2D eigenvalue weighted by atomic mass is 19.3. The molecule has 2 aromatic heterocycles. The first kappa shape index (κ1) is 33.7. The zero-order chi connectivity index (χ0) is 35.8. The van der Waals surface area contributed by atoms with E-state index >= 15 is 8.78 Å². The van der Waals surface area contributed by atoms with Gasteiger partial charge in [-0.2, -0.15) is 8.78 Å². The van der Waals surface area contributed by atoms with E-state index in [0.29, 0.717) is 24.4 Å². The Morgan fingerprint density at radius 2 is 1.71 bits per heavy atom. The lowest BCUT2D eigenvalue weighted by Gasteiger charge is -2.59. The number of anilines is 2. The van der Waals surface area contributed by atoms with Gasteiger partial charge in [-0.15, -0.1) is 5.10 Å². The Morgan fingerprint density at radius 1 is 1.00 bits per heavy atom. The number of aromatic nitrogens is 5. The molecule has 10 rings (SSSR count). The molecule has 0 atom stereocenters. The van der Waals surface area contributed by atoms with E-state index in [2.05, 4.69) is 31.7 Å². The van der Waals surface area contributed by atoms with Crippen molar-refractivity contribution >= 4 is 23.5 Å². The number of carboxylic acid groups (broad SMARTS) is 1. The van der Waals surface area contributed by atoms with Gasteiger partial charge in [0.25, 0.3) is 11.8 Å². The Kier molecular flexibility index (Phi) is 8.07. The number of nitrogens with zero attached hydrogens (tertiary/aromatic N) is 6. The predicted molar refractivity (Wildman–Crippen MR) is 187 cm³/mol. The molecule has 276 valence electrons. The van der Waals surface area contributed by atoms with Crippen LogP contribution in [0, 0.1) is 23.7 Å². The second kappa shape index (κ2) is 12.5. The molecule has 0 unspecified atom stereocenters. The number of ether oxygens (including phenoxy) is 1. The van der Waals surface area contributed by atoms with Crippen molar-refractivity contribution in [2.24, 2.45) is 23.7 Å². The molecule has 52 heavy (non-hydrogen) atoms. The molecule has 3 aromatic rings. The first-order chi connectivity index (χ1) is 25.0. The van der Waals surface area contributed by atoms with E-state index in [4.69, 9.17) is 4.74 Å². The fourth-order valence-electron chi connectivity index (χ4n) is 11.4. The van der Waals surface area contributed by atoms with Crippen molar-refractivity contribution < 1.29 is 28.2 Å². The molecule has 3 heterocycles. The summed E-state index contributed by atoms with van der Waals surface area (Å²) >= 11 is 0. The summed E-state index contributed by atoms with van der Waals surface area (Å²) in [7, 11) is 0. The summed E-state index contributed by atoms with van der Waals surface area (Å²) in [5.41, 5.74) is -0.737. The van der Waals surface area contributed by atoms with Crippen LogP contribution in [0.25, 0.3) is 0 Å². The lowest BCUT2D eigenvalue weighted by atomic mass is 9.48. The summed E-state index contributed by atoms with van der Waals surface area (Å²) in [6.45, 7) is 1.28. The van der Waals surface area contributed by atoms with Gasteiger partial charge in [0, 0.05) is 37.0 Å². The third kappa shape index (κ3) is 5.55. The number of hydrogen-bond donors (Lipinski definition) is 2. The summed E-state index contributed by atoms with van der Waals surface area (Å²) in [6, 6.07) is 6.41. The first-order valence-corrected chi connectivity index (χ1v) is 19.3. The van der Waals surface area contributed by atoms with Crippen LogP contribution in [0.1, 0.15) is 124 Å². The largest absolute Gasteiger partial charge is 0.490 e. The molecule has 1 amide bonds. The smallest absolute Gasteiger partial charge is 0.330 e. The van der Waals surface area contributed by atoms with Crippen LogP contribution in [-0.2, 0) is 16.1 Å². The molecule has 1 aliphatic heterocycles. The van der Waals surface area contributed by atoms with Gasteiger partial charge in [0.15, 0.2) is 0 Å². The van der Waals surface area contributed by atoms with E-state index in [1.807, 2.05) is 27.9 Å². The topological polar surface area (TPSA) is 135 Å². The third-order valence-corrected chi connectivity index (χ3v) is 13.6. The van der Waals surface area contributed by atoms with Crippen molar-refractivity contribution in [1.29, 1.82) is 0 Å². The van der Waals surface area contributed by atoms with Crippen LogP contribution < -0.4 is 15.0 Å². The van der Waals surface area contributed by atoms with Gasteiger partial charge in [-0.05, 0) is 118 Å². The number of benzene rings is 1. The van der Waals surface area contributed by atoms with Gasteiger partial charge in [-0.1, -0.05) is 24.5 Å². The average molecular weight is 716 g/mol. The van der Waals surface area contributed by atoms with Crippen LogP contribution in [0.2, 0.25) is 0 Å². The Bertz CT molecular complexity index is 1820. The van der Waals surface area contributed by atoms with Crippen molar-refractivity contribution in [2.75, 3.05) is 11.4 Å². The summed E-state index contributed by atoms with van der Waals surface area (Å²) < 4.78 is 39.4. The highest BCUT2D eigenvalue weighted by Crippen LogP contribution is 2.59. The predicted octanol–water partition coefficient (Wildman–Crippen LogP) is 7.11. The fraction of sp³-hybridized carbons (Fsp3) is 0.641. The van der Waals surface area contributed by atoms with E-state index in [9.17, 15) is 14.7 Å². The van der Waals surface area contributed by atoms with Gasteiger partial charge in [-0.25, -0.2) is 19.4 Å². The molecule has 6 aliphatic carbocycles. The Labute approximate surface area is 301 Å². The minimum absolute atomic E-state index is 0.0909. The normalized spacial score (nSPS) is 31.8. The number of alkyl halides is 2. The fourth-order valence-corrected chi connectivity index (χ4v) is 11.4. The number of aliphatic carboxylic acids is 1. The number of amides is 1. The van der Waals surface area contributed by atoms with Gasteiger partial charge in [0.1, 0.15) is 17.0 Å². The maximum absolute atomic E-state index is 15.5. The van der Waals surface area contributed by atoms with Crippen LogP contribution in [0.15, 0.2) is 36.8 Å². The molecule has 1 aromatic carbocycles. The van der Waals surface area contributed by atoms with Crippen LogP contribution >= 0.6 is 0 Å². The molecular weight excluding hydrogens is 668 g/mol. The van der Waals surface area contributed by atoms with Crippen LogP contribution in [-0.4, -0.2) is 60.1 Å². The number of nitrogens with one attached hydrogen (secondary N) is 1. The molecule has 7 aliphatic rings. The lowest BCUT2D eigenvalue weighted by molar-refractivity contribution is -0.163.